The Labute approximate surface area is 172 Å². The third kappa shape index (κ3) is 4.94. The van der Waals surface area contributed by atoms with Crippen molar-refractivity contribution in [2.75, 3.05) is 13.2 Å². The Kier molecular flexibility index (Phi) is 6.64. The lowest BCUT2D eigenvalue weighted by atomic mass is 10.1. The fourth-order valence-corrected chi connectivity index (χ4v) is 2.81. The molecule has 0 radical (unpaired) electrons. The second kappa shape index (κ2) is 9.56. The number of amides is 1. The number of para-hydroxylation sites is 1. The van der Waals surface area contributed by atoms with Crippen molar-refractivity contribution in [3.63, 3.8) is 0 Å². The summed E-state index contributed by atoms with van der Waals surface area (Å²) in [5.74, 6) is -0.316. The lowest BCUT2D eigenvalue weighted by Gasteiger charge is -2.10. The van der Waals surface area contributed by atoms with Gasteiger partial charge in [-0.2, -0.15) is 0 Å². The third-order valence-corrected chi connectivity index (χ3v) is 4.29. The molecule has 3 aromatic rings. The lowest BCUT2D eigenvalue weighted by Crippen LogP contribution is -2.28. The van der Waals surface area contributed by atoms with Gasteiger partial charge in [-0.25, -0.2) is 9.59 Å². The number of aryl methyl sites for hydroxylation is 1. The summed E-state index contributed by atoms with van der Waals surface area (Å²) in [7, 11) is 0. The largest absolute Gasteiger partial charge is 0.482 e. The Bertz CT molecular complexity index is 1150. The molecule has 1 aromatic heterocycles. The third-order valence-electron chi connectivity index (χ3n) is 4.29. The van der Waals surface area contributed by atoms with Crippen molar-refractivity contribution in [1.82, 2.24) is 5.32 Å². The van der Waals surface area contributed by atoms with Gasteiger partial charge in [0.25, 0.3) is 5.91 Å². The highest BCUT2D eigenvalue weighted by molar-refractivity contribution is 5.96. The van der Waals surface area contributed by atoms with Gasteiger partial charge in [0.05, 0.1) is 0 Å². The Morgan fingerprint density at radius 1 is 1.17 bits per heavy atom. The molecule has 0 aliphatic heterocycles. The summed E-state index contributed by atoms with van der Waals surface area (Å²) in [6, 6.07) is 13.4. The van der Waals surface area contributed by atoms with E-state index < -0.39 is 17.5 Å². The van der Waals surface area contributed by atoms with E-state index in [-0.39, 0.29) is 30.0 Å². The van der Waals surface area contributed by atoms with Crippen LogP contribution in [0.1, 0.15) is 22.8 Å². The van der Waals surface area contributed by atoms with Gasteiger partial charge in [0.15, 0.2) is 6.61 Å². The average Bonchev–Trinajstić information content (AvgIpc) is 2.75. The van der Waals surface area contributed by atoms with Crippen molar-refractivity contribution >= 4 is 22.8 Å². The predicted molar refractivity (Wildman–Crippen MR) is 112 cm³/mol. The van der Waals surface area contributed by atoms with Crippen LogP contribution in [0, 0.1) is 0 Å². The van der Waals surface area contributed by atoms with E-state index in [0.29, 0.717) is 11.1 Å². The van der Waals surface area contributed by atoms with Crippen molar-refractivity contribution in [2.24, 2.45) is 0 Å². The number of esters is 1. The van der Waals surface area contributed by atoms with Crippen LogP contribution in [0.3, 0.4) is 0 Å². The molecule has 1 amide bonds. The smallest absolute Gasteiger partial charge is 0.349 e. The number of carbonyl (C=O) groups excluding carboxylic acids is 2. The number of hydrogen-bond donors (Lipinski definition) is 1. The zero-order valence-electron chi connectivity index (χ0n) is 16.5. The van der Waals surface area contributed by atoms with Gasteiger partial charge in [0.1, 0.15) is 22.6 Å². The van der Waals surface area contributed by atoms with Crippen LogP contribution in [0.25, 0.3) is 11.0 Å². The van der Waals surface area contributed by atoms with Gasteiger partial charge in [-0.15, -0.1) is 6.58 Å². The van der Waals surface area contributed by atoms with Gasteiger partial charge in [0, 0.05) is 18.0 Å². The van der Waals surface area contributed by atoms with Crippen molar-refractivity contribution < 1.29 is 23.5 Å². The van der Waals surface area contributed by atoms with E-state index in [9.17, 15) is 14.4 Å². The van der Waals surface area contributed by atoms with Crippen LogP contribution in [-0.4, -0.2) is 25.0 Å². The predicted octanol–water partition coefficient (Wildman–Crippen LogP) is 3.26. The molecular formula is C23H21NO6. The second-order valence-electron chi connectivity index (χ2n) is 6.37. The van der Waals surface area contributed by atoms with Gasteiger partial charge in [-0.3, -0.25) is 4.79 Å². The van der Waals surface area contributed by atoms with Crippen LogP contribution in [0.15, 0.2) is 70.4 Å². The molecule has 0 saturated heterocycles. The van der Waals surface area contributed by atoms with Gasteiger partial charge in [0.2, 0.25) is 0 Å². The quantitative estimate of drug-likeness (QED) is 0.267. The average molecular weight is 407 g/mol. The molecule has 154 valence electrons. The first kappa shape index (κ1) is 20.9. The van der Waals surface area contributed by atoms with E-state index in [1.165, 1.54) is 18.2 Å². The Morgan fingerprint density at radius 2 is 1.97 bits per heavy atom. The number of carbonyl (C=O) groups is 2. The SMILES string of the molecule is C=CCNC(=O)c1cc2ccc(OC(=O)COc3ccccc3CC)cc2oc1=O. The standard InChI is InChI=1S/C23H21NO6/c1-3-11-24-22(26)18-12-16-9-10-17(13-20(16)30-23(18)27)29-21(25)14-28-19-8-6-5-7-15(19)4-2/h3,5-10,12-13H,1,4,11,14H2,2H3,(H,24,26). The van der Waals surface area contributed by atoms with Crippen LogP contribution in [0.2, 0.25) is 0 Å². The van der Waals surface area contributed by atoms with Crippen LogP contribution >= 0.6 is 0 Å². The van der Waals surface area contributed by atoms with Crippen LogP contribution < -0.4 is 20.4 Å². The topological polar surface area (TPSA) is 94.8 Å². The molecule has 0 fully saturated rings. The van der Waals surface area contributed by atoms with Crippen LogP contribution in [-0.2, 0) is 11.2 Å². The molecular weight excluding hydrogens is 386 g/mol. The summed E-state index contributed by atoms with van der Waals surface area (Å²) in [4.78, 5) is 36.3. The van der Waals surface area contributed by atoms with E-state index >= 15 is 0 Å². The molecule has 1 N–H and O–H groups in total. The maximum atomic E-state index is 12.1. The van der Waals surface area contributed by atoms with Crippen molar-refractivity contribution in [2.45, 2.75) is 13.3 Å². The maximum Gasteiger partial charge on any atom is 0.349 e. The molecule has 30 heavy (non-hydrogen) atoms. The number of ether oxygens (including phenoxy) is 2. The summed E-state index contributed by atoms with van der Waals surface area (Å²) in [5, 5.41) is 3.05. The highest BCUT2D eigenvalue weighted by atomic mass is 16.6. The zero-order chi connectivity index (χ0) is 21.5. The van der Waals surface area contributed by atoms with Gasteiger partial charge in [-0.1, -0.05) is 31.2 Å². The number of rotatable bonds is 8. The van der Waals surface area contributed by atoms with E-state index in [1.807, 2.05) is 25.1 Å². The molecule has 3 rings (SSSR count). The minimum Gasteiger partial charge on any atom is -0.482 e. The van der Waals surface area contributed by atoms with Crippen molar-refractivity contribution in [3.05, 3.63) is 82.7 Å². The molecule has 0 atom stereocenters. The highest BCUT2D eigenvalue weighted by Gasteiger charge is 2.14. The number of hydrogen-bond acceptors (Lipinski definition) is 6. The first-order valence-electron chi connectivity index (χ1n) is 9.40. The number of benzene rings is 2. The van der Waals surface area contributed by atoms with E-state index in [0.717, 1.165) is 12.0 Å². The molecule has 0 bridgehead atoms. The summed E-state index contributed by atoms with van der Waals surface area (Å²) in [6.07, 6.45) is 2.29. The Hall–Kier alpha value is -3.87. The fraction of sp³-hybridized carbons (Fsp3) is 0.174. The summed E-state index contributed by atoms with van der Waals surface area (Å²) < 4.78 is 16.0. The molecule has 1 heterocycles. The minimum atomic E-state index is -0.785. The normalized spacial score (nSPS) is 10.4. The first-order chi connectivity index (χ1) is 14.5. The Morgan fingerprint density at radius 3 is 2.73 bits per heavy atom. The molecule has 0 saturated carbocycles. The molecule has 0 aliphatic rings. The Balaban J connectivity index is 1.71. The molecule has 0 aliphatic carbocycles. The fourth-order valence-electron chi connectivity index (χ4n) is 2.81. The van der Waals surface area contributed by atoms with Crippen LogP contribution in [0.5, 0.6) is 11.5 Å². The summed E-state index contributed by atoms with van der Waals surface area (Å²) in [6.45, 7) is 5.47. The zero-order valence-corrected chi connectivity index (χ0v) is 16.5. The molecule has 7 heteroatoms. The minimum absolute atomic E-state index is 0.114. The van der Waals surface area contributed by atoms with Gasteiger partial charge < -0.3 is 19.2 Å². The highest BCUT2D eigenvalue weighted by Crippen LogP contribution is 2.22. The van der Waals surface area contributed by atoms with E-state index in [2.05, 4.69) is 11.9 Å². The van der Waals surface area contributed by atoms with Crippen molar-refractivity contribution in [1.29, 1.82) is 0 Å². The van der Waals surface area contributed by atoms with Gasteiger partial charge in [-0.05, 0) is 36.2 Å². The first-order valence-corrected chi connectivity index (χ1v) is 9.40. The lowest BCUT2D eigenvalue weighted by molar-refractivity contribution is -0.136. The van der Waals surface area contributed by atoms with Gasteiger partial charge >= 0.3 is 11.6 Å². The van der Waals surface area contributed by atoms with Crippen LogP contribution in [0.4, 0.5) is 0 Å². The molecule has 7 nitrogen and oxygen atoms in total. The molecule has 2 aromatic carbocycles. The molecule has 0 spiro atoms. The number of nitrogens with one attached hydrogen (secondary N) is 1. The molecule has 0 unspecified atom stereocenters. The monoisotopic (exact) mass is 407 g/mol. The number of fused-ring (bicyclic) bond motifs is 1. The second-order valence-corrected chi connectivity index (χ2v) is 6.37. The van der Waals surface area contributed by atoms with E-state index in [1.54, 1.807) is 18.2 Å². The summed E-state index contributed by atoms with van der Waals surface area (Å²) in [5.41, 5.74) is 0.289. The van der Waals surface area contributed by atoms with E-state index in [4.69, 9.17) is 13.9 Å². The maximum absolute atomic E-state index is 12.1. The van der Waals surface area contributed by atoms with Crippen molar-refractivity contribution in [3.8, 4) is 11.5 Å². The summed E-state index contributed by atoms with van der Waals surface area (Å²) >= 11 is 0.